The summed E-state index contributed by atoms with van der Waals surface area (Å²) < 4.78 is 5.44. The third-order valence-electron chi connectivity index (χ3n) is 3.32. The van der Waals surface area contributed by atoms with Gasteiger partial charge in [0.15, 0.2) is 0 Å². The van der Waals surface area contributed by atoms with Gasteiger partial charge in [0.1, 0.15) is 5.75 Å². The second kappa shape index (κ2) is 7.62. The minimum Gasteiger partial charge on any atom is -0.494 e. The van der Waals surface area contributed by atoms with Gasteiger partial charge in [-0.3, -0.25) is 4.90 Å². The Bertz CT molecular complexity index is 336. The molecular weight excluding hydrogens is 248 g/mol. The Morgan fingerprint density at radius 1 is 1.33 bits per heavy atom. The summed E-state index contributed by atoms with van der Waals surface area (Å²) in [5.41, 5.74) is 1.35. The smallest absolute Gasteiger partial charge is 0.119 e. The lowest BCUT2D eigenvalue weighted by atomic mass is 10.1. The van der Waals surface area contributed by atoms with Gasteiger partial charge in [-0.2, -0.15) is 0 Å². The van der Waals surface area contributed by atoms with Crippen LogP contribution in [0.15, 0.2) is 24.3 Å². The van der Waals surface area contributed by atoms with Crippen LogP contribution in [0, 0.1) is 0 Å². The average molecular weight is 271 g/mol. The molecule has 2 rings (SSSR count). The van der Waals surface area contributed by atoms with Crippen molar-refractivity contribution in [3.8, 4) is 5.75 Å². The molecule has 1 fully saturated rings. The van der Waals surface area contributed by atoms with E-state index in [9.17, 15) is 0 Å². The summed E-state index contributed by atoms with van der Waals surface area (Å²) in [6, 6.07) is 9.11. The molecule has 4 heteroatoms. The number of hydrogen-bond acceptors (Lipinski definition) is 3. The quantitative estimate of drug-likeness (QED) is 0.889. The molecule has 1 heterocycles. The first-order valence-electron chi connectivity index (χ1n) is 6.42. The summed E-state index contributed by atoms with van der Waals surface area (Å²) in [5, 5.41) is 3.40. The Balaban J connectivity index is 0.00000162. The number of nitrogens with one attached hydrogen (secondary N) is 1. The monoisotopic (exact) mass is 270 g/mol. The lowest BCUT2D eigenvalue weighted by Crippen LogP contribution is -2.32. The zero-order chi connectivity index (χ0) is 12.1. The first kappa shape index (κ1) is 15.3. The minimum atomic E-state index is 0. The predicted molar refractivity (Wildman–Crippen MR) is 77.6 cm³/mol. The van der Waals surface area contributed by atoms with Crippen molar-refractivity contribution >= 4 is 12.4 Å². The molecule has 102 valence electrons. The standard InChI is InChI=1S/C14H22N2O.ClH/c1-3-17-14-6-4-12(5-7-14)11-16(2)13-8-9-15-10-13;/h4-7,13,15H,3,8-11H2,1-2H3;1H. The maximum absolute atomic E-state index is 5.44. The van der Waals surface area contributed by atoms with Crippen molar-refractivity contribution in [1.82, 2.24) is 10.2 Å². The molecule has 0 saturated carbocycles. The second-order valence-electron chi connectivity index (χ2n) is 4.64. The molecule has 0 aromatic heterocycles. The van der Waals surface area contributed by atoms with Crippen molar-refractivity contribution in [2.75, 3.05) is 26.7 Å². The van der Waals surface area contributed by atoms with Gasteiger partial charge in [0, 0.05) is 19.1 Å². The van der Waals surface area contributed by atoms with E-state index >= 15 is 0 Å². The molecule has 1 atom stereocenters. The zero-order valence-corrected chi connectivity index (χ0v) is 12.0. The summed E-state index contributed by atoms with van der Waals surface area (Å²) in [6.45, 7) is 6.02. The number of rotatable bonds is 5. The van der Waals surface area contributed by atoms with Crippen molar-refractivity contribution in [1.29, 1.82) is 0 Å². The molecule has 0 amide bonds. The number of hydrogen-bond donors (Lipinski definition) is 1. The highest BCUT2D eigenvalue weighted by molar-refractivity contribution is 5.85. The summed E-state index contributed by atoms with van der Waals surface area (Å²) in [6.07, 6.45) is 1.26. The van der Waals surface area contributed by atoms with Gasteiger partial charge >= 0.3 is 0 Å². The first-order valence-corrected chi connectivity index (χ1v) is 6.42. The fourth-order valence-electron chi connectivity index (χ4n) is 2.29. The fourth-order valence-corrected chi connectivity index (χ4v) is 2.29. The van der Waals surface area contributed by atoms with Crippen molar-refractivity contribution in [2.45, 2.75) is 25.9 Å². The van der Waals surface area contributed by atoms with Gasteiger partial charge < -0.3 is 10.1 Å². The average Bonchev–Trinajstić information content (AvgIpc) is 2.86. The lowest BCUT2D eigenvalue weighted by molar-refractivity contribution is 0.249. The van der Waals surface area contributed by atoms with E-state index in [4.69, 9.17) is 4.74 Å². The van der Waals surface area contributed by atoms with Gasteiger partial charge in [0.05, 0.1) is 6.61 Å². The number of likely N-dealkylation sites (N-methyl/N-ethyl adjacent to an activating group) is 1. The molecule has 1 aromatic carbocycles. The molecule has 0 aliphatic carbocycles. The van der Waals surface area contributed by atoms with E-state index in [1.807, 2.05) is 6.92 Å². The topological polar surface area (TPSA) is 24.5 Å². The molecule has 1 unspecified atom stereocenters. The van der Waals surface area contributed by atoms with Crippen LogP contribution in [0.25, 0.3) is 0 Å². The van der Waals surface area contributed by atoms with E-state index in [2.05, 4.69) is 41.5 Å². The van der Waals surface area contributed by atoms with E-state index in [-0.39, 0.29) is 12.4 Å². The molecule has 0 bridgehead atoms. The molecule has 1 aliphatic rings. The third kappa shape index (κ3) is 4.16. The van der Waals surface area contributed by atoms with Crippen LogP contribution in [-0.4, -0.2) is 37.7 Å². The molecule has 1 aliphatic heterocycles. The van der Waals surface area contributed by atoms with Gasteiger partial charge in [-0.1, -0.05) is 12.1 Å². The SMILES string of the molecule is CCOc1ccc(CN(C)C2CCNC2)cc1.Cl. The van der Waals surface area contributed by atoms with E-state index in [0.29, 0.717) is 6.04 Å². The summed E-state index contributed by atoms with van der Waals surface area (Å²) in [5.74, 6) is 0.960. The minimum absolute atomic E-state index is 0. The highest BCUT2D eigenvalue weighted by Gasteiger charge is 2.18. The van der Waals surface area contributed by atoms with Crippen LogP contribution in [-0.2, 0) is 6.54 Å². The Morgan fingerprint density at radius 3 is 2.61 bits per heavy atom. The van der Waals surface area contributed by atoms with Crippen molar-refractivity contribution in [3.05, 3.63) is 29.8 Å². The number of halogens is 1. The number of benzene rings is 1. The highest BCUT2D eigenvalue weighted by Crippen LogP contribution is 2.15. The van der Waals surface area contributed by atoms with E-state index < -0.39 is 0 Å². The van der Waals surface area contributed by atoms with Gasteiger partial charge in [0.2, 0.25) is 0 Å². The van der Waals surface area contributed by atoms with Crippen LogP contribution < -0.4 is 10.1 Å². The fraction of sp³-hybridized carbons (Fsp3) is 0.571. The van der Waals surface area contributed by atoms with Gasteiger partial charge in [0.25, 0.3) is 0 Å². The molecule has 1 saturated heterocycles. The van der Waals surface area contributed by atoms with Gasteiger partial charge in [-0.15, -0.1) is 12.4 Å². The number of nitrogens with zero attached hydrogens (tertiary/aromatic N) is 1. The van der Waals surface area contributed by atoms with Crippen LogP contribution >= 0.6 is 12.4 Å². The Kier molecular flexibility index (Phi) is 6.47. The lowest BCUT2D eigenvalue weighted by Gasteiger charge is -2.23. The van der Waals surface area contributed by atoms with Crippen LogP contribution in [0.2, 0.25) is 0 Å². The Labute approximate surface area is 116 Å². The number of ether oxygens (including phenoxy) is 1. The maximum Gasteiger partial charge on any atom is 0.119 e. The summed E-state index contributed by atoms with van der Waals surface area (Å²) in [4.78, 5) is 2.43. The predicted octanol–water partition coefficient (Wildman–Crippen LogP) is 2.30. The second-order valence-corrected chi connectivity index (χ2v) is 4.64. The maximum atomic E-state index is 5.44. The zero-order valence-electron chi connectivity index (χ0n) is 11.2. The molecule has 0 radical (unpaired) electrons. The highest BCUT2D eigenvalue weighted by atomic mass is 35.5. The van der Waals surface area contributed by atoms with Crippen LogP contribution in [0.4, 0.5) is 0 Å². The van der Waals surface area contributed by atoms with Crippen LogP contribution in [0.3, 0.4) is 0 Å². The van der Waals surface area contributed by atoms with Crippen LogP contribution in [0.5, 0.6) is 5.75 Å². The van der Waals surface area contributed by atoms with Crippen LogP contribution in [0.1, 0.15) is 18.9 Å². The Hall–Kier alpha value is -0.770. The van der Waals surface area contributed by atoms with Gasteiger partial charge in [-0.25, -0.2) is 0 Å². The van der Waals surface area contributed by atoms with E-state index in [1.165, 1.54) is 12.0 Å². The van der Waals surface area contributed by atoms with E-state index in [1.54, 1.807) is 0 Å². The molecule has 18 heavy (non-hydrogen) atoms. The molecular formula is C14H23ClN2O. The normalized spacial score (nSPS) is 18.7. The summed E-state index contributed by atoms with van der Waals surface area (Å²) >= 11 is 0. The molecule has 1 N–H and O–H groups in total. The van der Waals surface area contributed by atoms with Crippen molar-refractivity contribution in [2.24, 2.45) is 0 Å². The van der Waals surface area contributed by atoms with Crippen molar-refractivity contribution < 1.29 is 4.74 Å². The first-order chi connectivity index (χ1) is 8.29. The third-order valence-corrected chi connectivity index (χ3v) is 3.32. The largest absolute Gasteiger partial charge is 0.494 e. The van der Waals surface area contributed by atoms with Gasteiger partial charge in [-0.05, 0) is 44.6 Å². The molecule has 0 spiro atoms. The molecule has 3 nitrogen and oxygen atoms in total. The molecule has 1 aromatic rings. The van der Waals surface area contributed by atoms with E-state index in [0.717, 1.165) is 32.0 Å². The van der Waals surface area contributed by atoms with Crippen molar-refractivity contribution in [3.63, 3.8) is 0 Å². The Morgan fingerprint density at radius 2 is 2.06 bits per heavy atom. The summed E-state index contributed by atoms with van der Waals surface area (Å²) in [7, 11) is 2.20.